The van der Waals surface area contributed by atoms with E-state index in [2.05, 4.69) is 69.0 Å². The first-order chi connectivity index (χ1) is 13.6. The van der Waals surface area contributed by atoms with E-state index < -0.39 is 0 Å². The van der Waals surface area contributed by atoms with Gasteiger partial charge in [-0.1, -0.05) is 71.1 Å². The number of rotatable bonds is 4. The van der Waals surface area contributed by atoms with Gasteiger partial charge < -0.3 is 10.1 Å². The van der Waals surface area contributed by atoms with Gasteiger partial charge in [0.15, 0.2) is 5.13 Å². The fraction of sp³-hybridized carbons (Fsp3) is 0.348. The number of benzene rings is 1. The number of nitrogens with one attached hydrogen (secondary N) is 1. The van der Waals surface area contributed by atoms with E-state index in [0.29, 0.717) is 21.6 Å². The zero-order valence-electron chi connectivity index (χ0n) is 17.7. The van der Waals surface area contributed by atoms with Gasteiger partial charge in [-0.05, 0) is 23.6 Å². The number of para-hydroxylation sites is 1. The van der Waals surface area contributed by atoms with Crippen molar-refractivity contribution in [1.29, 1.82) is 5.26 Å². The average molecular weight is 407 g/mol. The molecule has 29 heavy (non-hydrogen) atoms. The van der Waals surface area contributed by atoms with Crippen LogP contribution in [0.1, 0.15) is 57.7 Å². The monoisotopic (exact) mass is 406 g/mol. The predicted molar refractivity (Wildman–Crippen MR) is 118 cm³/mol. The van der Waals surface area contributed by atoms with E-state index in [1.807, 2.05) is 30.3 Å². The highest BCUT2D eigenvalue weighted by Gasteiger charge is 2.24. The third-order valence-corrected chi connectivity index (χ3v) is 5.23. The molecule has 0 saturated heterocycles. The Morgan fingerprint density at radius 2 is 1.72 bits per heavy atom. The summed E-state index contributed by atoms with van der Waals surface area (Å²) in [5, 5.41) is 13.4. The number of aromatic nitrogens is 2. The maximum atomic E-state index is 9.47. The summed E-state index contributed by atoms with van der Waals surface area (Å²) in [6, 6.07) is 14.0. The zero-order chi connectivity index (χ0) is 21.2. The second kappa shape index (κ2) is 7.84. The molecule has 0 saturated carbocycles. The molecule has 2 heterocycles. The summed E-state index contributed by atoms with van der Waals surface area (Å²) in [4.78, 5) is 9.69. The lowest BCUT2D eigenvalue weighted by Crippen LogP contribution is -2.13. The number of thiazole rings is 1. The van der Waals surface area contributed by atoms with E-state index >= 15 is 0 Å². The van der Waals surface area contributed by atoms with E-state index in [-0.39, 0.29) is 10.8 Å². The Labute approximate surface area is 176 Å². The summed E-state index contributed by atoms with van der Waals surface area (Å²) in [5.41, 5.74) is 2.33. The molecular weight excluding hydrogens is 380 g/mol. The minimum Gasteiger partial charge on any atom is -0.437 e. The summed E-state index contributed by atoms with van der Waals surface area (Å²) in [7, 11) is 0. The zero-order valence-corrected chi connectivity index (χ0v) is 18.5. The van der Waals surface area contributed by atoms with E-state index in [1.165, 1.54) is 11.3 Å². The molecule has 1 N–H and O–H groups in total. The molecule has 0 fully saturated rings. The van der Waals surface area contributed by atoms with E-state index in [9.17, 15) is 5.26 Å². The molecule has 0 aliphatic carbocycles. The molecule has 0 aliphatic rings. The second-order valence-electron chi connectivity index (χ2n) is 8.89. The summed E-state index contributed by atoms with van der Waals surface area (Å²) >= 11 is 1.34. The lowest BCUT2D eigenvalue weighted by Gasteiger charge is -2.22. The van der Waals surface area contributed by atoms with E-state index in [1.54, 1.807) is 6.20 Å². The standard InChI is InChI=1S/C23H26N4OS/c1-22(2,3)15-10-7-8-12-17(15)28-20-16(11-9-13-25-20)26-21-27-19(23(4,5)6)18(14-24)29-21/h7-13H,1-6H3,(H,26,27). The third-order valence-electron chi connectivity index (χ3n) is 4.35. The number of nitriles is 1. The third kappa shape index (κ3) is 4.75. The first kappa shape index (κ1) is 20.8. The normalized spacial score (nSPS) is 11.8. The van der Waals surface area contributed by atoms with Gasteiger partial charge >= 0.3 is 0 Å². The van der Waals surface area contributed by atoms with Crippen LogP contribution in [-0.2, 0) is 10.8 Å². The number of hydrogen-bond acceptors (Lipinski definition) is 6. The van der Waals surface area contributed by atoms with Crippen LogP contribution in [0.3, 0.4) is 0 Å². The quantitative estimate of drug-likeness (QED) is 0.532. The van der Waals surface area contributed by atoms with E-state index in [0.717, 1.165) is 17.0 Å². The van der Waals surface area contributed by atoms with Crippen molar-refractivity contribution < 1.29 is 4.74 Å². The second-order valence-corrected chi connectivity index (χ2v) is 9.89. The van der Waals surface area contributed by atoms with Gasteiger partial charge in [-0.2, -0.15) is 5.26 Å². The van der Waals surface area contributed by atoms with Crippen molar-refractivity contribution in [3.63, 3.8) is 0 Å². The molecule has 150 valence electrons. The Kier molecular flexibility index (Phi) is 5.63. The fourth-order valence-corrected chi connectivity index (χ4v) is 3.90. The molecule has 6 heteroatoms. The van der Waals surface area contributed by atoms with Gasteiger partial charge in [0.05, 0.1) is 5.69 Å². The molecular formula is C23H26N4OS. The van der Waals surface area contributed by atoms with Crippen LogP contribution >= 0.6 is 11.3 Å². The molecule has 0 bridgehead atoms. The highest BCUT2D eigenvalue weighted by Crippen LogP contribution is 2.38. The summed E-state index contributed by atoms with van der Waals surface area (Å²) in [6.45, 7) is 12.6. The maximum absolute atomic E-state index is 9.47. The topological polar surface area (TPSA) is 70.8 Å². The molecule has 0 spiro atoms. The number of hydrogen-bond donors (Lipinski definition) is 1. The molecule has 5 nitrogen and oxygen atoms in total. The van der Waals surface area contributed by atoms with Gasteiger partial charge in [-0.25, -0.2) is 9.97 Å². The highest BCUT2D eigenvalue weighted by atomic mass is 32.1. The van der Waals surface area contributed by atoms with Crippen molar-refractivity contribution in [2.24, 2.45) is 0 Å². The Morgan fingerprint density at radius 1 is 1.00 bits per heavy atom. The first-order valence-corrected chi connectivity index (χ1v) is 10.3. The molecule has 0 atom stereocenters. The van der Waals surface area contributed by atoms with Crippen molar-refractivity contribution in [2.45, 2.75) is 52.4 Å². The molecule has 2 aromatic heterocycles. The highest BCUT2D eigenvalue weighted by molar-refractivity contribution is 7.16. The summed E-state index contributed by atoms with van der Waals surface area (Å²) in [5.74, 6) is 1.24. The number of anilines is 2. The minimum atomic E-state index is -0.207. The van der Waals surface area contributed by atoms with Gasteiger partial charge in [0.2, 0.25) is 5.88 Å². The van der Waals surface area contributed by atoms with Crippen LogP contribution < -0.4 is 10.1 Å². The largest absolute Gasteiger partial charge is 0.437 e. The summed E-state index contributed by atoms with van der Waals surface area (Å²) in [6.07, 6.45) is 1.70. The average Bonchev–Trinajstić information content (AvgIpc) is 3.06. The van der Waals surface area contributed by atoms with Crippen LogP contribution in [0, 0.1) is 11.3 Å². The van der Waals surface area contributed by atoms with Gasteiger partial charge in [0.1, 0.15) is 22.4 Å². The van der Waals surface area contributed by atoms with Crippen LogP contribution in [-0.4, -0.2) is 9.97 Å². The van der Waals surface area contributed by atoms with Crippen molar-refractivity contribution in [1.82, 2.24) is 9.97 Å². The number of nitrogens with zero attached hydrogens (tertiary/aromatic N) is 3. The van der Waals surface area contributed by atoms with Crippen molar-refractivity contribution in [2.75, 3.05) is 5.32 Å². The fourth-order valence-electron chi connectivity index (χ4n) is 2.92. The molecule has 3 aromatic rings. The number of pyridine rings is 1. The van der Waals surface area contributed by atoms with Crippen LogP contribution in [0.5, 0.6) is 11.6 Å². The Hall–Kier alpha value is -2.91. The number of ether oxygens (including phenoxy) is 1. The van der Waals surface area contributed by atoms with Gasteiger partial charge in [0, 0.05) is 17.2 Å². The van der Waals surface area contributed by atoms with Crippen molar-refractivity contribution >= 4 is 22.2 Å². The van der Waals surface area contributed by atoms with Gasteiger partial charge in [-0.3, -0.25) is 0 Å². The van der Waals surface area contributed by atoms with Crippen LogP contribution in [0.15, 0.2) is 42.6 Å². The molecule has 0 amide bonds. The van der Waals surface area contributed by atoms with Crippen molar-refractivity contribution in [3.8, 4) is 17.7 Å². The SMILES string of the molecule is CC(C)(C)c1ccccc1Oc1ncccc1Nc1nc(C(C)(C)C)c(C#N)s1. The molecule has 3 rings (SSSR count). The smallest absolute Gasteiger partial charge is 0.243 e. The Balaban J connectivity index is 1.94. The lowest BCUT2D eigenvalue weighted by atomic mass is 9.86. The predicted octanol–water partition coefficient (Wildman–Crippen LogP) is 6.54. The minimum absolute atomic E-state index is 0.0580. The van der Waals surface area contributed by atoms with Gasteiger partial charge in [0.25, 0.3) is 0 Å². The molecule has 0 aliphatic heterocycles. The maximum Gasteiger partial charge on any atom is 0.243 e. The van der Waals surface area contributed by atoms with Crippen LogP contribution in [0.4, 0.5) is 10.8 Å². The van der Waals surface area contributed by atoms with E-state index in [4.69, 9.17) is 4.74 Å². The summed E-state index contributed by atoms with van der Waals surface area (Å²) < 4.78 is 6.21. The lowest BCUT2D eigenvalue weighted by molar-refractivity contribution is 0.442. The Bertz CT molecular complexity index is 1050. The van der Waals surface area contributed by atoms with Gasteiger partial charge in [-0.15, -0.1) is 0 Å². The van der Waals surface area contributed by atoms with Crippen molar-refractivity contribution in [3.05, 3.63) is 58.7 Å². The molecule has 1 aromatic carbocycles. The van der Waals surface area contributed by atoms with Crippen LogP contribution in [0.2, 0.25) is 0 Å². The first-order valence-electron chi connectivity index (χ1n) is 9.50. The molecule has 0 unspecified atom stereocenters. The molecule has 0 radical (unpaired) electrons. The van der Waals surface area contributed by atoms with Crippen LogP contribution in [0.25, 0.3) is 0 Å². The Morgan fingerprint density at radius 3 is 2.34 bits per heavy atom.